The Hall–Kier alpha value is -2.64. The summed E-state index contributed by atoms with van der Waals surface area (Å²) in [5.74, 6) is -1.21. The van der Waals surface area contributed by atoms with Crippen LogP contribution in [0, 0.1) is 0 Å². The van der Waals surface area contributed by atoms with E-state index in [1.54, 1.807) is 6.08 Å². The predicted octanol–water partition coefficient (Wildman–Crippen LogP) is 13.8. The van der Waals surface area contributed by atoms with E-state index >= 15 is 0 Å². The number of amides is 1. The average Bonchev–Trinajstić information content (AvgIpc) is 3.39. The van der Waals surface area contributed by atoms with Gasteiger partial charge in [0.05, 0.1) is 25.4 Å². The van der Waals surface area contributed by atoms with Crippen LogP contribution in [-0.4, -0.2) is 99.6 Å². The van der Waals surface area contributed by atoms with E-state index in [-0.39, 0.29) is 19.4 Å². The molecule has 11 heteroatoms. The summed E-state index contributed by atoms with van der Waals surface area (Å²) in [6.45, 7) is 5.70. The molecule has 0 radical (unpaired) electrons. The van der Waals surface area contributed by atoms with Crippen molar-refractivity contribution in [1.82, 2.24) is 5.32 Å². The number of hydrogen-bond acceptors (Lipinski definition) is 10. The van der Waals surface area contributed by atoms with E-state index in [2.05, 4.69) is 74.7 Å². The molecule has 8 atom stereocenters. The van der Waals surface area contributed by atoms with Gasteiger partial charge in [0.2, 0.25) is 5.91 Å². The van der Waals surface area contributed by atoms with E-state index in [0.717, 1.165) is 96.3 Å². The highest BCUT2D eigenvalue weighted by Crippen LogP contribution is 2.26. The van der Waals surface area contributed by atoms with Crippen LogP contribution in [0.2, 0.25) is 0 Å². The number of aliphatic hydroxyl groups is 5. The van der Waals surface area contributed by atoms with Crippen LogP contribution in [0.4, 0.5) is 0 Å². The van der Waals surface area contributed by atoms with Crippen molar-refractivity contribution in [1.29, 1.82) is 0 Å². The molecule has 1 rings (SSSR count). The lowest BCUT2D eigenvalue weighted by atomic mass is 9.99. The zero-order chi connectivity index (χ0) is 53.3. The van der Waals surface area contributed by atoms with Crippen molar-refractivity contribution in [2.24, 2.45) is 0 Å². The highest BCUT2D eigenvalue weighted by molar-refractivity contribution is 5.80. The highest BCUT2D eigenvalue weighted by Gasteiger charge is 2.47. The Morgan fingerprint density at radius 1 is 0.534 bits per heavy atom. The van der Waals surface area contributed by atoms with Gasteiger partial charge < -0.3 is 45.1 Å². The number of esters is 1. The fraction of sp³-hybridized carbons (Fsp3) is 0.806. The Bertz CT molecular complexity index is 1420. The number of aliphatic hydroxyl groups excluding tert-OH is 5. The second-order valence-electron chi connectivity index (χ2n) is 20.7. The van der Waals surface area contributed by atoms with Crippen LogP contribution in [0.3, 0.4) is 0 Å². The summed E-state index contributed by atoms with van der Waals surface area (Å²) in [7, 11) is 0. The summed E-state index contributed by atoms with van der Waals surface area (Å²) in [5, 5.41) is 56.8. The van der Waals surface area contributed by atoms with Gasteiger partial charge in [0.25, 0.3) is 0 Å². The molecule has 0 spiro atoms. The first-order chi connectivity index (χ1) is 35.7. The van der Waals surface area contributed by atoms with Gasteiger partial charge in [-0.3, -0.25) is 9.59 Å². The van der Waals surface area contributed by atoms with Gasteiger partial charge in [-0.25, -0.2) is 0 Å². The second-order valence-corrected chi connectivity index (χ2v) is 20.7. The first-order valence-electron chi connectivity index (χ1n) is 30.1. The molecule has 6 N–H and O–H groups in total. The third-order valence-corrected chi connectivity index (χ3v) is 13.9. The summed E-state index contributed by atoms with van der Waals surface area (Å²) < 4.78 is 17.6. The van der Waals surface area contributed by atoms with Gasteiger partial charge in [0.1, 0.15) is 24.4 Å². The fourth-order valence-electron chi connectivity index (χ4n) is 9.05. The summed E-state index contributed by atoms with van der Waals surface area (Å²) >= 11 is 0. The number of carbonyl (C=O) groups is 2. The van der Waals surface area contributed by atoms with Crippen molar-refractivity contribution in [3.63, 3.8) is 0 Å². The highest BCUT2D eigenvalue weighted by atomic mass is 16.7. The molecule has 424 valence electrons. The van der Waals surface area contributed by atoms with Gasteiger partial charge in [-0.1, -0.05) is 229 Å². The molecule has 0 bridgehead atoms. The Balaban J connectivity index is 2.67. The van der Waals surface area contributed by atoms with Gasteiger partial charge in [-0.05, 0) is 83.5 Å². The van der Waals surface area contributed by atoms with Gasteiger partial charge in [-0.2, -0.15) is 0 Å². The Labute approximate surface area is 446 Å². The number of nitrogens with one attached hydrogen (secondary N) is 1. The predicted molar refractivity (Wildman–Crippen MR) is 301 cm³/mol. The third-order valence-electron chi connectivity index (χ3n) is 13.9. The minimum atomic E-state index is -1.62. The molecule has 73 heavy (non-hydrogen) atoms. The average molecular weight is 1030 g/mol. The van der Waals surface area contributed by atoms with Crippen molar-refractivity contribution in [2.75, 3.05) is 13.2 Å². The molecule has 0 aromatic heterocycles. The van der Waals surface area contributed by atoms with Crippen molar-refractivity contribution in [3.05, 3.63) is 60.8 Å². The standard InChI is InChI=1S/C62H111NO10/c1-4-7-10-13-16-19-22-24-25-26-27-28-29-30-31-33-35-38-41-44-47-50-57(67)73-60-59(69)58(68)56(51-64)72-62(60)71-52-53(54(65)48-45-42-39-37-34-32-23-20-17-14-11-8-5-2)63-61(70)55(66)49-46-43-40-36-21-18-15-12-9-6-3/h15-16,18-19,24-25,27-28,45,48,53-56,58-60,62,64-66,68-69H,4-14,17,20-23,26,29-44,46-47,49-52H2,1-3H3,(H,63,70)/b18-15-,19-16-,25-24-,28-27-,48-45+. The maximum Gasteiger partial charge on any atom is 0.306 e. The molecule has 11 nitrogen and oxygen atoms in total. The molecule has 1 saturated heterocycles. The number of carbonyl (C=O) groups excluding carboxylic acids is 2. The molecule has 0 saturated carbocycles. The Kier molecular flexibility index (Phi) is 47.0. The summed E-state index contributed by atoms with van der Waals surface area (Å²) in [4.78, 5) is 26.5. The van der Waals surface area contributed by atoms with Crippen LogP contribution >= 0.6 is 0 Å². The maximum absolute atomic E-state index is 13.3. The van der Waals surface area contributed by atoms with Crippen LogP contribution in [0.1, 0.15) is 258 Å². The van der Waals surface area contributed by atoms with Crippen LogP contribution < -0.4 is 5.32 Å². The third kappa shape index (κ3) is 38.5. The Morgan fingerprint density at radius 3 is 1.49 bits per heavy atom. The van der Waals surface area contributed by atoms with E-state index < -0.39 is 67.4 Å². The number of rotatable bonds is 50. The molecule has 0 aliphatic carbocycles. The quantitative estimate of drug-likeness (QED) is 0.0195. The van der Waals surface area contributed by atoms with E-state index in [9.17, 15) is 35.1 Å². The summed E-state index contributed by atoms with van der Waals surface area (Å²) in [6.07, 6.45) is 51.2. The normalized spacial score (nSPS) is 19.8. The molecule has 1 heterocycles. The summed E-state index contributed by atoms with van der Waals surface area (Å²) in [5.41, 5.74) is 0. The second kappa shape index (κ2) is 50.2. The topological polar surface area (TPSA) is 175 Å². The van der Waals surface area contributed by atoms with Gasteiger partial charge >= 0.3 is 5.97 Å². The first kappa shape index (κ1) is 68.4. The van der Waals surface area contributed by atoms with E-state index in [1.807, 2.05) is 6.08 Å². The lowest BCUT2D eigenvalue weighted by molar-refractivity contribution is -0.305. The van der Waals surface area contributed by atoms with E-state index in [1.165, 1.54) is 116 Å². The molecular weight excluding hydrogens is 919 g/mol. The van der Waals surface area contributed by atoms with Crippen LogP contribution in [0.15, 0.2) is 60.8 Å². The fourth-order valence-corrected chi connectivity index (χ4v) is 9.05. The molecule has 1 aliphatic heterocycles. The summed E-state index contributed by atoms with van der Waals surface area (Å²) in [6, 6.07) is -1.03. The van der Waals surface area contributed by atoms with Crippen molar-refractivity contribution < 1.29 is 49.3 Å². The molecule has 0 aromatic carbocycles. The molecular formula is C62H111NO10. The van der Waals surface area contributed by atoms with Gasteiger partial charge in [0.15, 0.2) is 12.4 Å². The molecule has 1 fully saturated rings. The minimum absolute atomic E-state index is 0.113. The van der Waals surface area contributed by atoms with E-state index in [4.69, 9.17) is 14.2 Å². The largest absolute Gasteiger partial charge is 0.454 e. The Morgan fingerprint density at radius 2 is 0.959 bits per heavy atom. The SMILES string of the molecule is CCCC/C=C\CCCCCCC(O)C(=O)NC(COC1OC(CO)C(O)C(O)C1OC(=O)CCCCCCCCCC/C=C\C/C=C\C/C=C\CCCCC)C(O)/C=C/CCCCCCCCCCCCC. The molecule has 0 aromatic rings. The molecule has 8 unspecified atom stereocenters. The monoisotopic (exact) mass is 1030 g/mol. The van der Waals surface area contributed by atoms with Crippen molar-refractivity contribution in [2.45, 2.75) is 307 Å². The van der Waals surface area contributed by atoms with Crippen LogP contribution in [0.5, 0.6) is 0 Å². The lowest BCUT2D eigenvalue weighted by Crippen LogP contribution is -2.61. The van der Waals surface area contributed by atoms with Crippen molar-refractivity contribution >= 4 is 11.9 Å². The van der Waals surface area contributed by atoms with Crippen molar-refractivity contribution in [3.8, 4) is 0 Å². The lowest BCUT2D eigenvalue weighted by Gasteiger charge is -2.41. The zero-order valence-electron chi connectivity index (χ0n) is 46.7. The van der Waals surface area contributed by atoms with Gasteiger partial charge in [0, 0.05) is 6.42 Å². The van der Waals surface area contributed by atoms with Gasteiger partial charge in [-0.15, -0.1) is 0 Å². The number of unbranched alkanes of at least 4 members (excludes halogenated alkanes) is 28. The van der Waals surface area contributed by atoms with Crippen LogP contribution in [-0.2, 0) is 23.8 Å². The number of allylic oxidation sites excluding steroid dienone is 9. The number of hydrogen-bond donors (Lipinski definition) is 6. The van der Waals surface area contributed by atoms with E-state index in [0.29, 0.717) is 12.8 Å². The van der Waals surface area contributed by atoms with Crippen LogP contribution in [0.25, 0.3) is 0 Å². The smallest absolute Gasteiger partial charge is 0.306 e. The molecule has 1 aliphatic rings. The molecule has 1 amide bonds. The zero-order valence-corrected chi connectivity index (χ0v) is 46.7. The minimum Gasteiger partial charge on any atom is -0.454 e. The first-order valence-corrected chi connectivity index (χ1v) is 30.1. The number of ether oxygens (including phenoxy) is 3. The maximum atomic E-state index is 13.3.